The van der Waals surface area contributed by atoms with Crippen molar-refractivity contribution in [3.8, 4) is 6.07 Å². The van der Waals surface area contributed by atoms with Crippen LogP contribution in [-0.4, -0.2) is 40.2 Å². The molecule has 1 N–H and O–H groups in total. The second-order valence-corrected chi connectivity index (χ2v) is 5.23. The molecule has 6 heteroatoms. The third-order valence-corrected chi connectivity index (χ3v) is 3.36. The average Bonchev–Trinajstić information content (AvgIpc) is 2.75. The third-order valence-electron chi connectivity index (χ3n) is 3.36. The minimum absolute atomic E-state index is 0.252. The van der Waals surface area contributed by atoms with Crippen molar-refractivity contribution in [2.75, 3.05) is 13.1 Å². The fourth-order valence-corrected chi connectivity index (χ4v) is 2.54. The molecule has 0 bridgehead atoms. The summed E-state index contributed by atoms with van der Waals surface area (Å²) in [4.78, 5) is 6.58. The summed E-state index contributed by atoms with van der Waals surface area (Å²) in [5.41, 5.74) is 0. The van der Waals surface area contributed by atoms with Crippen molar-refractivity contribution >= 4 is 0 Å². The molecule has 19 heavy (non-hydrogen) atoms. The van der Waals surface area contributed by atoms with E-state index in [1.54, 1.807) is 6.92 Å². The number of aromatic nitrogens is 2. The summed E-state index contributed by atoms with van der Waals surface area (Å²) < 4.78 is 4.99. The van der Waals surface area contributed by atoms with Crippen LogP contribution in [0.3, 0.4) is 0 Å². The van der Waals surface area contributed by atoms with Crippen molar-refractivity contribution in [3.05, 3.63) is 11.7 Å². The van der Waals surface area contributed by atoms with Gasteiger partial charge in [0, 0.05) is 25.6 Å². The van der Waals surface area contributed by atoms with Gasteiger partial charge in [-0.15, -0.1) is 0 Å². The van der Waals surface area contributed by atoms with Gasteiger partial charge in [0.05, 0.1) is 19.0 Å². The van der Waals surface area contributed by atoms with Crippen molar-refractivity contribution in [3.63, 3.8) is 0 Å². The van der Waals surface area contributed by atoms with Crippen molar-refractivity contribution in [2.45, 2.75) is 51.7 Å². The highest BCUT2D eigenvalue weighted by Crippen LogP contribution is 2.13. The van der Waals surface area contributed by atoms with Gasteiger partial charge in [0.15, 0.2) is 5.82 Å². The Balaban J connectivity index is 1.82. The summed E-state index contributed by atoms with van der Waals surface area (Å²) >= 11 is 0. The summed E-state index contributed by atoms with van der Waals surface area (Å²) in [6.07, 6.45) is 2.88. The number of nitrogens with one attached hydrogen (secondary N) is 1. The van der Waals surface area contributed by atoms with E-state index in [2.05, 4.69) is 33.4 Å². The Morgan fingerprint density at radius 1 is 1.63 bits per heavy atom. The van der Waals surface area contributed by atoms with E-state index in [4.69, 9.17) is 9.78 Å². The molecule has 0 saturated carbocycles. The molecule has 0 radical (unpaired) electrons. The predicted molar refractivity (Wildman–Crippen MR) is 70.2 cm³/mol. The van der Waals surface area contributed by atoms with Gasteiger partial charge in [0.25, 0.3) is 0 Å². The van der Waals surface area contributed by atoms with E-state index in [1.807, 2.05) is 0 Å². The van der Waals surface area contributed by atoms with E-state index in [-0.39, 0.29) is 6.04 Å². The predicted octanol–water partition coefficient (Wildman–Crippen LogP) is 1.23. The summed E-state index contributed by atoms with van der Waals surface area (Å²) in [6, 6.07) is 2.90. The standard InChI is InChI=1S/C13H21N5O/c1-10(5-6-14)15-12-4-3-7-18(8-12)9-13-16-11(2)19-17-13/h10,12,15H,3-5,7-9H2,1-2H3/t10-,12+/m0/s1. The Hall–Kier alpha value is -1.45. The molecule has 0 unspecified atom stereocenters. The SMILES string of the molecule is Cc1nc(CN2CCC[C@@H](N[C@@H](C)CC#N)C2)no1. The lowest BCUT2D eigenvalue weighted by molar-refractivity contribution is 0.172. The van der Waals surface area contributed by atoms with Gasteiger partial charge in [-0.1, -0.05) is 5.16 Å². The third kappa shape index (κ3) is 4.30. The number of likely N-dealkylation sites (tertiary alicyclic amines) is 1. The zero-order valence-corrected chi connectivity index (χ0v) is 11.6. The molecular formula is C13H21N5O. The smallest absolute Gasteiger partial charge is 0.223 e. The van der Waals surface area contributed by atoms with Crippen molar-refractivity contribution in [2.24, 2.45) is 0 Å². The molecule has 0 spiro atoms. The van der Waals surface area contributed by atoms with Crippen molar-refractivity contribution in [1.29, 1.82) is 5.26 Å². The molecule has 6 nitrogen and oxygen atoms in total. The topological polar surface area (TPSA) is 78.0 Å². The zero-order valence-electron chi connectivity index (χ0n) is 11.6. The fourth-order valence-electron chi connectivity index (χ4n) is 2.54. The van der Waals surface area contributed by atoms with Crippen molar-refractivity contribution < 1.29 is 4.52 Å². The zero-order chi connectivity index (χ0) is 13.7. The van der Waals surface area contributed by atoms with Gasteiger partial charge in [-0.3, -0.25) is 4.90 Å². The largest absolute Gasteiger partial charge is 0.340 e. The number of hydrogen-bond donors (Lipinski definition) is 1. The first-order valence-electron chi connectivity index (χ1n) is 6.82. The summed E-state index contributed by atoms with van der Waals surface area (Å²) in [6.45, 7) is 6.65. The summed E-state index contributed by atoms with van der Waals surface area (Å²) in [7, 11) is 0. The Kier molecular flexibility index (Phi) is 4.88. The first-order chi connectivity index (χ1) is 9.17. The first kappa shape index (κ1) is 14.0. The second-order valence-electron chi connectivity index (χ2n) is 5.23. The van der Waals surface area contributed by atoms with Gasteiger partial charge in [0.2, 0.25) is 5.89 Å². The molecule has 1 aromatic heterocycles. The van der Waals surface area contributed by atoms with Crippen LogP contribution in [-0.2, 0) is 6.54 Å². The molecule has 2 rings (SSSR count). The molecule has 2 atom stereocenters. The maximum atomic E-state index is 8.69. The molecule has 0 aliphatic carbocycles. The van der Waals surface area contributed by atoms with E-state index in [0.29, 0.717) is 18.4 Å². The lowest BCUT2D eigenvalue weighted by Crippen LogP contribution is -2.48. The van der Waals surface area contributed by atoms with Crippen LogP contribution in [0.25, 0.3) is 0 Å². The number of piperidine rings is 1. The van der Waals surface area contributed by atoms with Crippen LogP contribution in [0.15, 0.2) is 4.52 Å². The normalized spacial score (nSPS) is 22.1. The lowest BCUT2D eigenvalue weighted by Gasteiger charge is -2.33. The van der Waals surface area contributed by atoms with E-state index in [9.17, 15) is 0 Å². The molecule has 1 aliphatic heterocycles. The minimum Gasteiger partial charge on any atom is -0.340 e. The number of nitrogens with zero attached hydrogens (tertiary/aromatic N) is 4. The molecule has 1 fully saturated rings. The van der Waals surface area contributed by atoms with Gasteiger partial charge in [-0.25, -0.2) is 0 Å². The highest BCUT2D eigenvalue weighted by molar-refractivity contribution is 4.88. The van der Waals surface area contributed by atoms with Crippen LogP contribution in [0.5, 0.6) is 0 Å². The molecule has 1 saturated heterocycles. The van der Waals surface area contributed by atoms with Gasteiger partial charge in [0.1, 0.15) is 0 Å². The van der Waals surface area contributed by atoms with E-state index >= 15 is 0 Å². The van der Waals surface area contributed by atoms with Crippen LogP contribution in [0.1, 0.15) is 37.9 Å². The second kappa shape index (κ2) is 6.64. The Morgan fingerprint density at radius 3 is 3.16 bits per heavy atom. The molecule has 1 aliphatic rings. The highest BCUT2D eigenvalue weighted by Gasteiger charge is 2.22. The average molecular weight is 263 g/mol. The molecule has 0 aromatic carbocycles. The van der Waals surface area contributed by atoms with Crippen LogP contribution in [0.2, 0.25) is 0 Å². The fraction of sp³-hybridized carbons (Fsp3) is 0.769. The van der Waals surface area contributed by atoms with Gasteiger partial charge < -0.3 is 9.84 Å². The van der Waals surface area contributed by atoms with Gasteiger partial charge in [-0.05, 0) is 26.3 Å². The van der Waals surface area contributed by atoms with E-state index in [0.717, 1.165) is 38.3 Å². The highest BCUT2D eigenvalue weighted by atomic mass is 16.5. The Bertz CT molecular complexity index is 438. The quantitative estimate of drug-likeness (QED) is 0.861. The maximum absolute atomic E-state index is 8.69. The van der Waals surface area contributed by atoms with Crippen molar-refractivity contribution in [1.82, 2.24) is 20.4 Å². The van der Waals surface area contributed by atoms with E-state index < -0.39 is 0 Å². The lowest BCUT2D eigenvalue weighted by atomic mass is 10.0. The van der Waals surface area contributed by atoms with Gasteiger partial charge >= 0.3 is 0 Å². The molecular weight excluding hydrogens is 242 g/mol. The van der Waals surface area contributed by atoms with Crippen LogP contribution in [0, 0.1) is 18.3 Å². The monoisotopic (exact) mass is 263 g/mol. The van der Waals surface area contributed by atoms with E-state index in [1.165, 1.54) is 0 Å². The summed E-state index contributed by atoms with van der Waals surface area (Å²) in [5, 5.41) is 16.1. The van der Waals surface area contributed by atoms with Crippen LogP contribution >= 0.6 is 0 Å². The Morgan fingerprint density at radius 2 is 2.47 bits per heavy atom. The first-order valence-corrected chi connectivity index (χ1v) is 6.82. The molecule has 2 heterocycles. The Labute approximate surface area is 113 Å². The molecule has 1 aromatic rings. The summed E-state index contributed by atoms with van der Waals surface area (Å²) in [5.74, 6) is 1.37. The number of hydrogen-bond acceptors (Lipinski definition) is 6. The van der Waals surface area contributed by atoms with Gasteiger partial charge in [-0.2, -0.15) is 10.2 Å². The van der Waals surface area contributed by atoms with Crippen LogP contribution in [0.4, 0.5) is 0 Å². The number of nitriles is 1. The molecule has 0 amide bonds. The molecule has 104 valence electrons. The maximum Gasteiger partial charge on any atom is 0.223 e. The number of rotatable bonds is 5. The van der Waals surface area contributed by atoms with Crippen LogP contribution < -0.4 is 5.32 Å². The number of aryl methyl sites for hydroxylation is 1. The minimum atomic E-state index is 0.252.